The summed E-state index contributed by atoms with van der Waals surface area (Å²) in [5, 5.41) is 15.9. The van der Waals surface area contributed by atoms with Crippen LogP contribution in [-0.2, 0) is 4.79 Å². The fraction of sp³-hybridized carbons (Fsp3) is 0.304. The second-order valence-corrected chi connectivity index (χ2v) is 6.88. The van der Waals surface area contributed by atoms with Crippen LogP contribution in [0.15, 0.2) is 59.2 Å². The summed E-state index contributed by atoms with van der Waals surface area (Å²) >= 11 is 0. The van der Waals surface area contributed by atoms with E-state index < -0.39 is 6.10 Å². The van der Waals surface area contributed by atoms with Crippen LogP contribution >= 0.6 is 0 Å². The zero-order valence-electron chi connectivity index (χ0n) is 16.9. The van der Waals surface area contributed by atoms with Gasteiger partial charge in [0.05, 0.1) is 17.4 Å². The van der Waals surface area contributed by atoms with E-state index in [9.17, 15) is 9.90 Å². The number of benzene rings is 2. The molecule has 1 atom stereocenters. The lowest BCUT2D eigenvalue weighted by Gasteiger charge is -2.22. The molecule has 2 aromatic rings. The second kappa shape index (κ2) is 8.40. The third-order valence-electron chi connectivity index (χ3n) is 4.98. The molecule has 1 amide bonds. The Hall–Kier alpha value is -2.92. The van der Waals surface area contributed by atoms with Gasteiger partial charge in [0.15, 0.2) is 0 Å². The number of hydrogen-bond acceptors (Lipinski definition) is 4. The molecule has 5 nitrogen and oxygen atoms in total. The highest BCUT2D eigenvalue weighted by Gasteiger charge is 2.33. The summed E-state index contributed by atoms with van der Waals surface area (Å²) < 4.78 is 0. The Balaban J connectivity index is 1.99. The van der Waals surface area contributed by atoms with Gasteiger partial charge in [0.1, 0.15) is 5.71 Å². The lowest BCUT2D eigenvalue weighted by molar-refractivity contribution is -0.114. The Morgan fingerprint density at radius 1 is 1.14 bits per heavy atom. The van der Waals surface area contributed by atoms with E-state index in [1.54, 1.807) is 6.92 Å². The standard InChI is InChI=1S/C23H27N3O2/c1-5-25(6-2)20-13-12-18(16(3)14-20)15-21-22(17(4)27)24-26(23(21)28)19-10-8-7-9-11-19/h7-15,17,27H,5-6H2,1-4H3/b21-15-. The molecule has 1 aliphatic heterocycles. The molecular weight excluding hydrogens is 350 g/mol. The second-order valence-electron chi connectivity index (χ2n) is 6.88. The molecule has 2 aromatic carbocycles. The molecule has 0 aliphatic carbocycles. The quantitative estimate of drug-likeness (QED) is 0.774. The third-order valence-corrected chi connectivity index (χ3v) is 4.98. The van der Waals surface area contributed by atoms with Gasteiger partial charge in [0.25, 0.3) is 5.91 Å². The van der Waals surface area contributed by atoms with E-state index in [-0.39, 0.29) is 5.91 Å². The number of anilines is 2. The van der Waals surface area contributed by atoms with Crippen molar-refractivity contribution in [1.29, 1.82) is 0 Å². The van der Waals surface area contributed by atoms with E-state index in [2.05, 4.69) is 36.0 Å². The molecule has 1 unspecified atom stereocenters. The number of hydrazone groups is 1. The van der Waals surface area contributed by atoms with Gasteiger partial charge in [-0.25, -0.2) is 0 Å². The van der Waals surface area contributed by atoms with Crippen LogP contribution in [0.25, 0.3) is 6.08 Å². The van der Waals surface area contributed by atoms with E-state index in [0.717, 1.165) is 29.9 Å². The summed E-state index contributed by atoms with van der Waals surface area (Å²) in [5.41, 5.74) is 4.69. The minimum atomic E-state index is -0.834. The number of carbonyl (C=O) groups is 1. The molecule has 3 rings (SSSR count). The number of aliphatic hydroxyl groups is 1. The van der Waals surface area contributed by atoms with Crippen LogP contribution in [-0.4, -0.2) is 35.9 Å². The van der Waals surface area contributed by atoms with Crippen molar-refractivity contribution in [1.82, 2.24) is 0 Å². The fourth-order valence-corrected chi connectivity index (χ4v) is 3.38. The number of carbonyl (C=O) groups excluding carboxylic acids is 1. The Bertz CT molecular complexity index is 913. The van der Waals surface area contributed by atoms with Gasteiger partial charge in [-0.15, -0.1) is 0 Å². The normalized spacial score (nSPS) is 16.5. The van der Waals surface area contributed by atoms with E-state index in [4.69, 9.17) is 0 Å². The number of aliphatic hydroxyl groups excluding tert-OH is 1. The summed E-state index contributed by atoms with van der Waals surface area (Å²) in [7, 11) is 0. The Morgan fingerprint density at radius 2 is 1.82 bits per heavy atom. The first-order valence-corrected chi connectivity index (χ1v) is 9.70. The number of rotatable bonds is 6. The van der Waals surface area contributed by atoms with Crippen molar-refractivity contribution in [3.05, 3.63) is 65.2 Å². The molecule has 0 saturated heterocycles. The molecule has 0 saturated carbocycles. The molecule has 0 bridgehead atoms. The molecular formula is C23H27N3O2. The number of nitrogens with zero attached hydrogens (tertiary/aromatic N) is 3. The fourth-order valence-electron chi connectivity index (χ4n) is 3.38. The van der Waals surface area contributed by atoms with Crippen LogP contribution in [0.2, 0.25) is 0 Å². The first-order valence-electron chi connectivity index (χ1n) is 9.70. The van der Waals surface area contributed by atoms with Gasteiger partial charge in [-0.2, -0.15) is 10.1 Å². The monoisotopic (exact) mass is 377 g/mol. The Kier molecular flexibility index (Phi) is 5.95. The van der Waals surface area contributed by atoms with Crippen molar-refractivity contribution < 1.29 is 9.90 Å². The lowest BCUT2D eigenvalue weighted by atomic mass is 10.00. The first-order chi connectivity index (χ1) is 13.5. The highest BCUT2D eigenvalue weighted by molar-refractivity contribution is 6.33. The molecule has 0 aromatic heterocycles. The largest absolute Gasteiger partial charge is 0.387 e. The molecule has 1 N–H and O–H groups in total. The average molecular weight is 377 g/mol. The third kappa shape index (κ3) is 3.85. The predicted octanol–water partition coefficient (Wildman–Crippen LogP) is 4.01. The van der Waals surface area contributed by atoms with Crippen LogP contribution in [0, 0.1) is 6.92 Å². The first kappa shape index (κ1) is 19.8. The summed E-state index contributed by atoms with van der Waals surface area (Å²) in [6, 6.07) is 15.5. The van der Waals surface area contributed by atoms with Gasteiger partial charge >= 0.3 is 0 Å². The smallest absolute Gasteiger partial charge is 0.280 e. The van der Waals surface area contributed by atoms with E-state index in [0.29, 0.717) is 17.0 Å². The molecule has 5 heteroatoms. The summed E-state index contributed by atoms with van der Waals surface area (Å²) in [4.78, 5) is 15.3. The zero-order valence-corrected chi connectivity index (χ0v) is 16.9. The van der Waals surface area contributed by atoms with Crippen LogP contribution in [0.4, 0.5) is 11.4 Å². The van der Waals surface area contributed by atoms with E-state index in [1.165, 1.54) is 5.01 Å². The van der Waals surface area contributed by atoms with Crippen LogP contribution in [0.5, 0.6) is 0 Å². The number of aryl methyl sites for hydroxylation is 1. The average Bonchev–Trinajstić information content (AvgIpc) is 3.02. The van der Waals surface area contributed by atoms with Gasteiger partial charge < -0.3 is 10.0 Å². The summed E-state index contributed by atoms with van der Waals surface area (Å²) in [6.07, 6.45) is 0.997. The Labute approximate surface area is 166 Å². The van der Waals surface area contributed by atoms with E-state index >= 15 is 0 Å². The SMILES string of the molecule is CCN(CC)c1ccc(/C=C2\C(=O)N(c3ccccc3)N=C2C(C)O)c(C)c1. The Morgan fingerprint density at radius 3 is 2.39 bits per heavy atom. The maximum absolute atomic E-state index is 13.0. The number of amides is 1. The maximum Gasteiger partial charge on any atom is 0.280 e. The molecule has 1 aliphatic rings. The molecule has 0 spiro atoms. The van der Waals surface area contributed by atoms with Gasteiger partial charge in [0, 0.05) is 18.8 Å². The van der Waals surface area contributed by atoms with Crippen LogP contribution in [0.1, 0.15) is 31.9 Å². The topological polar surface area (TPSA) is 56.1 Å². The van der Waals surface area contributed by atoms with Crippen LogP contribution < -0.4 is 9.91 Å². The summed E-state index contributed by atoms with van der Waals surface area (Å²) in [6.45, 7) is 9.82. The van der Waals surface area contributed by atoms with Crippen molar-refractivity contribution >= 4 is 29.1 Å². The molecule has 28 heavy (non-hydrogen) atoms. The highest BCUT2D eigenvalue weighted by atomic mass is 16.3. The van der Waals surface area contributed by atoms with Crippen molar-refractivity contribution in [3.63, 3.8) is 0 Å². The number of para-hydroxylation sites is 1. The lowest BCUT2D eigenvalue weighted by Crippen LogP contribution is -2.23. The molecule has 1 heterocycles. The van der Waals surface area contributed by atoms with Crippen molar-refractivity contribution in [2.75, 3.05) is 23.0 Å². The molecule has 0 radical (unpaired) electrons. The minimum absolute atomic E-state index is 0.227. The maximum atomic E-state index is 13.0. The zero-order chi connectivity index (χ0) is 20.3. The van der Waals surface area contributed by atoms with Gasteiger partial charge in [-0.1, -0.05) is 24.3 Å². The van der Waals surface area contributed by atoms with Gasteiger partial charge in [-0.3, -0.25) is 4.79 Å². The van der Waals surface area contributed by atoms with Gasteiger partial charge in [-0.05, 0) is 69.2 Å². The van der Waals surface area contributed by atoms with Crippen molar-refractivity contribution in [3.8, 4) is 0 Å². The van der Waals surface area contributed by atoms with Gasteiger partial charge in [0.2, 0.25) is 0 Å². The predicted molar refractivity (Wildman–Crippen MR) is 116 cm³/mol. The summed E-state index contributed by atoms with van der Waals surface area (Å²) in [5.74, 6) is -0.227. The van der Waals surface area contributed by atoms with E-state index in [1.807, 2.05) is 49.4 Å². The highest BCUT2D eigenvalue weighted by Crippen LogP contribution is 2.28. The van der Waals surface area contributed by atoms with Crippen molar-refractivity contribution in [2.45, 2.75) is 33.8 Å². The minimum Gasteiger partial charge on any atom is -0.387 e. The van der Waals surface area contributed by atoms with Crippen LogP contribution in [0.3, 0.4) is 0 Å². The molecule has 146 valence electrons. The molecule has 0 fully saturated rings. The van der Waals surface area contributed by atoms with Crippen molar-refractivity contribution in [2.24, 2.45) is 5.10 Å². The number of hydrogen-bond donors (Lipinski definition) is 1.